The van der Waals surface area contributed by atoms with Crippen LogP contribution in [0.4, 0.5) is 10.8 Å². The van der Waals surface area contributed by atoms with Gasteiger partial charge in [0.2, 0.25) is 11.0 Å². The Balaban J connectivity index is 1.59. The number of hydrogen-bond acceptors (Lipinski definition) is 5. The van der Waals surface area contributed by atoms with Crippen LogP contribution in [0.15, 0.2) is 24.3 Å². The van der Waals surface area contributed by atoms with E-state index in [1.54, 1.807) is 17.4 Å². The lowest BCUT2D eigenvalue weighted by Crippen LogP contribution is -2.30. The van der Waals surface area contributed by atoms with E-state index in [1.165, 1.54) is 12.8 Å². The van der Waals surface area contributed by atoms with Crippen LogP contribution in [0, 0.1) is 12.3 Å². The standard InChI is InChI=1S/C16H16N4OS/c1-3-11-5-4-6-13(9-11)17-14(21)10-20(2)16-19-18-15(22-16)12-7-8-12/h1,4-6,9,12H,7-8,10H2,2H3,(H,17,21). The maximum absolute atomic E-state index is 12.1. The Morgan fingerprint density at radius 2 is 2.32 bits per heavy atom. The van der Waals surface area contributed by atoms with E-state index < -0.39 is 0 Å². The average Bonchev–Trinajstić information content (AvgIpc) is 3.24. The smallest absolute Gasteiger partial charge is 0.243 e. The summed E-state index contributed by atoms with van der Waals surface area (Å²) >= 11 is 1.56. The number of carbonyl (C=O) groups is 1. The summed E-state index contributed by atoms with van der Waals surface area (Å²) in [5.41, 5.74) is 1.44. The monoisotopic (exact) mass is 312 g/mol. The molecular weight excluding hydrogens is 296 g/mol. The van der Waals surface area contributed by atoms with Crippen molar-refractivity contribution in [2.75, 3.05) is 23.8 Å². The number of amides is 1. The van der Waals surface area contributed by atoms with E-state index in [0.717, 1.165) is 15.7 Å². The molecule has 2 aromatic rings. The van der Waals surface area contributed by atoms with Gasteiger partial charge in [-0.05, 0) is 31.0 Å². The van der Waals surface area contributed by atoms with Crippen LogP contribution in [0.5, 0.6) is 0 Å². The highest BCUT2D eigenvalue weighted by atomic mass is 32.1. The van der Waals surface area contributed by atoms with Crippen LogP contribution in [-0.4, -0.2) is 29.7 Å². The van der Waals surface area contributed by atoms with Crippen LogP contribution in [0.2, 0.25) is 0 Å². The third-order valence-corrected chi connectivity index (χ3v) is 4.58. The Labute approximate surface area is 133 Å². The Bertz CT molecular complexity index is 730. The largest absolute Gasteiger partial charge is 0.340 e. The quantitative estimate of drug-likeness (QED) is 0.862. The van der Waals surface area contributed by atoms with E-state index in [-0.39, 0.29) is 12.5 Å². The molecule has 1 aliphatic carbocycles. The van der Waals surface area contributed by atoms with Gasteiger partial charge in [0.05, 0.1) is 6.54 Å². The lowest BCUT2D eigenvalue weighted by Gasteiger charge is -2.14. The Hall–Kier alpha value is -2.39. The first kappa shape index (κ1) is 14.5. The summed E-state index contributed by atoms with van der Waals surface area (Å²) < 4.78 is 0. The fourth-order valence-corrected chi connectivity index (χ4v) is 3.02. The normalized spacial score (nSPS) is 13.5. The zero-order valence-electron chi connectivity index (χ0n) is 12.2. The average molecular weight is 312 g/mol. The van der Waals surface area contributed by atoms with Crippen LogP contribution in [-0.2, 0) is 4.79 Å². The zero-order valence-corrected chi connectivity index (χ0v) is 13.1. The summed E-state index contributed by atoms with van der Waals surface area (Å²) in [4.78, 5) is 13.9. The van der Waals surface area contributed by atoms with Gasteiger partial charge < -0.3 is 10.2 Å². The molecule has 1 N–H and O–H groups in total. The molecule has 0 atom stereocenters. The highest BCUT2D eigenvalue weighted by Crippen LogP contribution is 2.42. The maximum atomic E-state index is 12.1. The van der Waals surface area contributed by atoms with Gasteiger partial charge in [0.25, 0.3) is 0 Å². The molecule has 1 aromatic carbocycles. The summed E-state index contributed by atoms with van der Waals surface area (Å²) in [5, 5.41) is 13.0. The maximum Gasteiger partial charge on any atom is 0.243 e. The first-order valence-electron chi connectivity index (χ1n) is 7.07. The molecule has 0 saturated heterocycles. The van der Waals surface area contributed by atoms with Gasteiger partial charge >= 0.3 is 0 Å². The number of aromatic nitrogens is 2. The minimum absolute atomic E-state index is 0.111. The molecule has 0 bridgehead atoms. The van der Waals surface area contributed by atoms with Crippen LogP contribution in [0.25, 0.3) is 0 Å². The van der Waals surface area contributed by atoms with Crippen LogP contribution in [0.1, 0.15) is 29.3 Å². The Morgan fingerprint density at radius 1 is 1.50 bits per heavy atom. The van der Waals surface area contributed by atoms with E-state index in [4.69, 9.17) is 6.42 Å². The Morgan fingerprint density at radius 3 is 3.05 bits per heavy atom. The summed E-state index contributed by atoms with van der Waals surface area (Å²) in [7, 11) is 1.84. The SMILES string of the molecule is C#Cc1cccc(NC(=O)CN(C)c2nnc(C3CC3)s2)c1. The molecule has 1 fully saturated rings. The molecule has 0 spiro atoms. The molecule has 112 valence electrons. The predicted molar refractivity (Wildman–Crippen MR) is 88.2 cm³/mol. The van der Waals surface area contributed by atoms with Crippen LogP contribution < -0.4 is 10.2 Å². The molecule has 0 aliphatic heterocycles. The Kier molecular flexibility index (Phi) is 4.07. The number of rotatable bonds is 5. The number of likely N-dealkylation sites (N-methyl/N-ethyl adjacent to an activating group) is 1. The summed E-state index contributed by atoms with van der Waals surface area (Å²) in [5.74, 6) is 3.02. The topological polar surface area (TPSA) is 58.1 Å². The second-order valence-corrected chi connectivity index (χ2v) is 6.31. The van der Waals surface area contributed by atoms with Crippen molar-refractivity contribution in [1.82, 2.24) is 10.2 Å². The molecule has 1 saturated carbocycles. The first-order valence-corrected chi connectivity index (χ1v) is 7.88. The van der Waals surface area contributed by atoms with Gasteiger partial charge in [0, 0.05) is 24.2 Å². The van der Waals surface area contributed by atoms with Crippen molar-refractivity contribution in [1.29, 1.82) is 0 Å². The molecule has 22 heavy (non-hydrogen) atoms. The number of nitrogens with zero attached hydrogens (tertiary/aromatic N) is 3. The lowest BCUT2D eigenvalue weighted by atomic mass is 10.2. The molecule has 1 heterocycles. The van der Waals surface area contributed by atoms with Crippen molar-refractivity contribution in [2.24, 2.45) is 0 Å². The van der Waals surface area contributed by atoms with Crippen molar-refractivity contribution >= 4 is 28.1 Å². The second-order valence-electron chi connectivity index (χ2n) is 5.33. The molecule has 0 unspecified atom stereocenters. The van der Waals surface area contributed by atoms with Gasteiger partial charge in [-0.2, -0.15) is 0 Å². The highest BCUT2D eigenvalue weighted by molar-refractivity contribution is 7.15. The van der Waals surface area contributed by atoms with Crippen molar-refractivity contribution in [2.45, 2.75) is 18.8 Å². The van der Waals surface area contributed by atoms with Gasteiger partial charge in [0.15, 0.2) is 0 Å². The fraction of sp³-hybridized carbons (Fsp3) is 0.312. The third-order valence-electron chi connectivity index (χ3n) is 3.38. The van der Waals surface area contributed by atoms with E-state index in [0.29, 0.717) is 11.6 Å². The molecule has 3 rings (SSSR count). The molecule has 1 amide bonds. The van der Waals surface area contributed by atoms with Gasteiger partial charge in [-0.25, -0.2) is 0 Å². The zero-order chi connectivity index (χ0) is 15.5. The van der Waals surface area contributed by atoms with E-state index in [1.807, 2.05) is 30.1 Å². The molecule has 1 aromatic heterocycles. The first-order chi connectivity index (χ1) is 10.7. The molecule has 5 nitrogen and oxygen atoms in total. The third kappa shape index (κ3) is 3.43. The van der Waals surface area contributed by atoms with E-state index in [2.05, 4.69) is 21.4 Å². The highest BCUT2D eigenvalue weighted by Gasteiger charge is 2.28. The fourth-order valence-electron chi connectivity index (χ4n) is 2.05. The second kappa shape index (κ2) is 6.16. The molecule has 6 heteroatoms. The number of benzene rings is 1. The van der Waals surface area contributed by atoms with Crippen molar-refractivity contribution in [3.8, 4) is 12.3 Å². The van der Waals surface area contributed by atoms with Gasteiger partial charge in [0.1, 0.15) is 5.01 Å². The van der Waals surface area contributed by atoms with E-state index in [9.17, 15) is 4.79 Å². The molecule has 1 aliphatic rings. The molecular formula is C16H16N4OS. The summed E-state index contributed by atoms with van der Waals surface area (Å²) in [6.07, 6.45) is 7.75. The van der Waals surface area contributed by atoms with Gasteiger partial charge in [-0.15, -0.1) is 16.6 Å². The lowest BCUT2D eigenvalue weighted by molar-refractivity contribution is -0.114. The summed E-state index contributed by atoms with van der Waals surface area (Å²) in [6, 6.07) is 7.23. The van der Waals surface area contributed by atoms with Crippen LogP contribution in [0.3, 0.4) is 0 Å². The minimum atomic E-state index is -0.111. The predicted octanol–water partition coefficient (Wildman–Crippen LogP) is 2.47. The molecule has 0 radical (unpaired) electrons. The number of carbonyl (C=O) groups excluding carboxylic acids is 1. The van der Waals surface area contributed by atoms with Gasteiger partial charge in [-0.1, -0.05) is 23.3 Å². The summed E-state index contributed by atoms with van der Waals surface area (Å²) in [6.45, 7) is 0.222. The minimum Gasteiger partial charge on any atom is -0.340 e. The van der Waals surface area contributed by atoms with Crippen molar-refractivity contribution in [3.63, 3.8) is 0 Å². The number of terminal acetylenes is 1. The number of anilines is 2. The number of nitrogens with one attached hydrogen (secondary N) is 1. The number of hydrogen-bond donors (Lipinski definition) is 1. The van der Waals surface area contributed by atoms with Crippen molar-refractivity contribution in [3.05, 3.63) is 34.8 Å². The van der Waals surface area contributed by atoms with Gasteiger partial charge in [-0.3, -0.25) is 4.79 Å². The van der Waals surface area contributed by atoms with Crippen molar-refractivity contribution < 1.29 is 4.79 Å². The van der Waals surface area contributed by atoms with Crippen LogP contribution >= 0.6 is 11.3 Å². The van der Waals surface area contributed by atoms with E-state index >= 15 is 0 Å².